The second-order valence-electron chi connectivity index (χ2n) is 5.47. The third-order valence-electron chi connectivity index (χ3n) is 3.92. The van der Waals surface area contributed by atoms with E-state index >= 15 is 0 Å². The van der Waals surface area contributed by atoms with Crippen molar-refractivity contribution in [3.05, 3.63) is 37.1 Å². The van der Waals surface area contributed by atoms with Crippen molar-refractivity contribution in [2.24, 2.45) is 5.41 Å². The molecule has 7 heteroatoms. The van der Waals surface area contributed by atoms with Crippen LogP contribution in [0.4, 0.5) is 5.69 Å². The van der Waals surface area contributed by atoms with Gasteiger partial charge < -0.3 is 15.4 Å². The number of carbonyl (C=O) groups is 1. The number of amides is 1. The molecule has 1 atom stereocenters. The van der Waals surface area contributed by atoms with E-state index < -0.39 is 5.41 Å². The van der Waals surface area contributed by atoms with Crippen molar-refractivity contribution in [2.75, 3.05) is 32.1 Å². The molecular formula is C15H19N5O2. The number of rotatable bonds is 5. The summed E-state index contributed by atoms with van der Waals surface area (Å²) in [4.78, 5) is 20.9. The van der Waals surface area contributed by atoms with Crippen molar-refractivity contribution in [3.63, 3.8) is 0 Å². The Balaban J connectivity index is 1.71. The summed E-state index contributed by atoms with van der Waals surface area (Å²) in [6.07, 6.45) is 7.61. The molecule has 3 heterocycles. The van der Waals surface area contributed by atoms with Crippen molar-refractivity contribution < 1.29 is 9.53 Å². The first-order valence-electron chi connectivity index (χ1n) is 7.19. The van der Waals surface area contributed by atoms with Gasteiger partial charge in [0.1, 0.15) is 12.1 Å². The van der Waals surface area contributed by atoms with Gasteiger partial charge in [-0.15, -0.1) is 0 Å². The number of imidazole rings is 1. The van der Waals surface area contributed by atoms with Gasteiger partial charge in [0, 0.05) is 26.0 Å². The lowest BCUT2D eigenvalue weighted by molar-refractivity contribution is -0.127. The van der Waals surface area contributed by atoms with E-state index in [0.29, 0.717) is 18.8 Å². The lowest BCUT2D eigenvalue weighted by atomic mass is 9.87. The molecule has 2 aromatic rings. The summed E-state index contributed by atoms with van der Waals surface area (Å²) in [6, 6.07) is 3.68. The van der Waals surface area contributed by atoms with Gasteiger partial charge >= 0.3 is 0 Å². The zero-order valence-electron chi connectivity index (χ0n) is 12.5. The van der Waals surface area contributed by atoms with Gasteiger partial charge in [-0.25, -0.2) is 9.97 Å². The number of pyridine rings is 1. The molecule has 0 aromatic carbocycles. The number of anilines is 1. The van der Waals surface area contributed by atoms with E-state index in [-0.39, 0.29) is 5.91 Å². The van der Waals surface area contributed by atoms with E-state index in [1.165, 1.54) is 0 Å². The van der Waals surface area contributed by atoms with E-state index in [1.54, 1.807) is 30.4 Å². The molecule has 1 saturated heterocycles. The summed E-state index contributed by atoms with van der Waals surface area (Å²) in [7, 11) is 1.62. The monoisotopic (exact) mass is 301 g/mol. The Morgan fingerprint density at radius 1 is 1.55 bits per heavy atom. The smallest absolute Gasteiger partial charge is 0.234 e. The van der Waals surface area contributed by atoms with Crippen molar-refractivity contribution in [1.82, 2.24) is 19.9 Å². The first kappa shape index (κ1) is 14.7. The molecule has 1 fully saturated rings. The zero-order valence-corrected chi connectivity index (χ0v) is 12.5. The summed E-state index contributed by atoms with van der Waals surface area (Å²) in [5.74, 6) is 0.723. The third kappa shape index (κ3) is 2.86. The lowest BCUT2D eigenvalue weighted by Gasteiger charge is -2.25. The summed E-state index contributed by atoms with van der Waals surface area (Å²) < 4.78 is 7.03. The SMILES string of the molecule is COCC1(C(=O)Nc2ccc(-n3ccnc3)nc2)CCNC1. The fourth-order valence-corrected chi connectivity index (χ4v) is 2.67. The highest BCUT2D eigenvalue weighted by Gasteiger charge is 2.41. The highest BCUT2D eigenvalue weighted by molar-refractivity contribution is 5.95. The Hall–Kier alpha value is -2.25. The minimum absolute atomic E-state index is 0.0310. The largest absolute Gasteiger partial charge is 0.384 e. The Morgan fingerprint density at radius 3 is 3.05 bits per heavy atom. The van der Waals surface area contributed by atoms with Crippen LogP contribution in [0.2, 0.25) is 0 Å². The van der Waals surface area contributed by atoms with Crippen molar-refractivity contribution in [2.45, 2.75) is 6.42 Å². The fraction of sp³-hybridized carbons (Fsp3) is 0.400. The van der Waals surface area contributed by atoms with E-state index in [9.17, 15) is 4.79 Å². The number of carbonyl (C=O) groups excluding carboxylic acids is 1. The first-order chi connectivity index (χ1) is 10.7. The minimum Gasteiger partial charge on any atom is -0.384 e. The van der Waals surface area contributed by atoms with Crippen molar-refractivity contribution in [3.8, 4) is 5.82 Å². The lowest BCUT2D eigenvalue weighted by Crippen LogP contribution is -2.41. The average molecular weight is 301 g/mol. The Morgan fingerprint density at radius 2 is 2.45 bits per heavy atom. The number of nitrogens with zero attached hydrogens (tertiary/aromatic N) is 3. The summed E-state index contributed by atoms with van der Waals surface area (Å²) in [5.41, 5.74) is 0.175. The van der Waals surface area contributed by atoms with E-state index in [2.05, 4.69) is 20.6 Å². The van der Waals surface area contributed by atoms with Crippen LogP contribution in [0.3, 0.4) is 0 Å². The third-order valence-corrected chi connectivity index (χ3v) is 3.92. The van der Waals surface area contributed by atoms with Crippen LogP contribution in [0.1, 0.15) is 6.42 Å². The maximum atomic E-state index is 12.6. The molecular weight excluding hydrogens is 282 g/mol. The van der Waals surface area contributed by atoms with Crippen LogP contribution in [0.5, 0.6) is 0 Å². The van der Waals surface area contributed by atoms with Gasteiger partial charge in [-0.1, -0.05) is 0 Å². The molecule has 0 radical (unpaired) electrons. The topological polar surface area (TPSA) is 81.1 Å². The maximum absolute atomic E-state index is 12.6. The van der Waals surface area contributed by atoms with Crippen LogP contribution in [-0.4, -0.2) is 47.2 Å². The van der Waals surface area contributed by atoms with Gasteiger partial charge in [0.25, 0.3) is 0 Å². The van der Waals surface area contributed by atoms with Crippen LogP contribution >= 0.6 is 0 Å². The average Bonchev–Trinajstić information content (AvgIpc) is 3.20. The van der Waals surface area contributed by atoms with Crippen LogP contribution in [-0.2, 0) is 9.53 Å². The number of methoxy groups -OCH3 is 1. The molecule has 0 bridgehead atoms. The zero-order chi connectivity index (χ0) is 15.4. The Kier molecular flexibility index (Phi) is 4.17. The number of ether oxygens (including phenoxy) is 1. The predicted octanol–water partition coefficient (Wildman–Crippen LogP) is 0.832. The van der Waals surface area contributed by atoms with Crippen molar-refractivity contribution in [1.29, 1.82) is 0 Å². The van der Waals surface area contributed by atoms with E-state index in [0.717, 1.165) is 18.8 Å². The summed E-state index contributed by atoms with van der Waals surface area (Å²) in [5, 5.41) is 6.16. The number of hydrogen-bond donors (Lipinski definition) is 2. The quantitative estimate of drug-likeness (QED) is 0.855. The maximum Gasteiger partial charge on any atom is 0.234 e. The Labute approximate surface area is 128 Å². The normalized spacial score (nSPS) is 21.0. The van der Waals surface area contributed by atoms with Gasteiger partial charge in [0.2, 0.25) is 5.91 Å². The molecule has 7 nitrogen and oxygen atoms in total. The standard InChI is InChI=1S/C15H19N5O2/c1-22-10-15(4-5-16-9-15)14(21)19-12-2-3-13(18-8-12)20-7-6-17-11-20/h2-3,6-8,11,16H,4-5,9-10H2,1H3,(H,19,21). The molecule has 22 heavy (non-hydrogen) atoms. The fourth-order valence-electron chi connectivity index (χ4n) is 2.67. The summed E-state index contributed by atoms with van der Waals surface area (Å²) >= 11 is 0. The molecule has 0 saturated carbocycles. The first-order valence-corrected chi connectivity index (χ1v) is 7.19. The van der Waals surface area contributed by atoms with Gasteiger partial charge in [0.05, 0.1) is 23.9 Å². The highest BCUT2D eigenvalue weighted by Crippen LogP contribution is 2.27. The molecule has 1 aliphatic rings. The molecule has 3 rings (SSSR count). The van der Waals surface area contributed by atoms with Crippen LogP contribution < -0.4 is 10.6 Å². The predicted molar refractivity (Wildman–Crippen MR) is 81.8 cm³/mol. The molecule has 1 amide bonds. The summed E-state index contributed by atoms with van der Waals surface area (Å²) in [6.45, 7) is 1.87. The van der Waals surface area contributed by atoms with Gasteiger partial charge in [-0.3, -0.25) is 9.36 Å². The number of hydrogen-bond acceptors (Lipinski definition) is 5. The van der Waals surface area contributed by atoms with Crippen LogP contribution in [0.15, 0.2) is 37.1 Å². The van der Waals surface area contributed by atoms with Gasteiger partial charge in [-0.05, 0) is 25.1 Å². The van der Waals surface area contributed by atoms with Gasteiger partial charge in [0.15, 0.2) is 0 Å². The molecule has 0 spiro atoms. The molecule has 0 aliphatic carbocycles. The van der Waals surface area contributed by atoms with Crippen LogP contribution in [0, 0.1) is 5.41 Å². The molecule has 1 unspecified atom stereocenters. The molecule has 2 N–H and O–H groups in total. The highest BCUT2D eigenvalue weighted by atomic mass is 16.5. The van der Waals surface area contributed by atoms with E-state index in [1.807, 2.05) is 18.3 Å². The van der Waals surface area contributed by atoms with Crippen molar-refractivity contribution >= 4 is 11.6 Å². The Bertz CT molecular complexity index is 618. The van der Waals surface area contributed by atoms with Gasteiger partial charge in [-0.2, -0.15) is 0 Å². The minimum atomic E-state index is -0.502. The second kappa shape index (κ2) is 6.25. The second-order valence-corrected chi connectivity index (χ2v) is 5.47. The van der Waals surface area contributed by atoms with Crippen LogP contribution in [0.25, 0.3) is 5.82 Å². The molecule has 2 aromatic heterocycles. The number of nitrogens with one attached hydrogen (secondary N) is 2. The molecule has 1 aliphatic heterocycles. The number of aromatic nitrogens is 3. The van der Waals surface area contributed by atoms with E-state index in [4.69, 9.17) is 4.74 Å². The molecule has 116 valence electrons.